The zero-order valence-corrected chi connectivity index (χ0v) is 21.7. The fourth-order valence-corrected chi connectivity index (χ4v) is 4.49. The van der Waals surface area contributed by atoms with Gasteiger partial charge in [0.05, 0.1) is 39.9 Å². The highest BCUT2D eigenvalue weighted by Crippen LogP contribution is 2.38. The van der Waals surface area contributed by atoms with Crippen molar-refractivity contribution < 1.29 is 14.1 Å². The Bertz CT molecular complexity index is 1550. The lowest BCUT2D eigenvalue weighted by Gasteiger charge is -2.32. The van der Waals surface area contributed by atoms with Gasteiger partial charge < -0.3 is 9.31 Å². The van der Waals surface area contributed by atoms with Crippen LogP contribution in [-0.2, 0) is 14.7 Å². The highest BCUT2D eigenvalue weighted by molar-refractivity contribution is 6.62. The number of hydrogen-bond donors (Lipinski definition) is 0. The number of pyridine rings is 1. The number of rotatable bonds is 3. The van der Waals surface area contributed by atoms with Gasteiger partial charge in [0.1, 0.15) is 5.69 Å². The van der Waals surface area contributed by atoms with Crippen LogP contribution in [0.4, 0.5) is 0 Å². The fraction of sp³-hybridized carbons (Fsp3) is 0.357. The summed E-state index contributed by atoms with van der Waals surface area (Å²) in [5.74, 6) is -0.197. The first-order chi connectivity index (χ1) is 16.8. The van der Waals surface area contributed by atoms with Gasteiger partial charge in [0.2, 0.25) is 5.91 Å². The minimum Gasteiger partial charge on any atom is -0.399 e. The molecule has 3 heterocycles. The summed E-state index contributed by atoms with van der Waals surface area (Å²) in [5, 5.41) is 15.9. The monoisotopic (exact) mass is 480 g/mol. The number of carbonyl (C=O) groups excluding carboxylic acids is 1. The van der Waals surface area contributed by atoms with Gasteiger partial charge in [-0.15, -0.1) is 0 Å². The molecule has 1 saturated heterocycles. The van der Waals surface area contributed by atoms with Crippen molar-refractivity contribution in [1.82, 2.24) is 14.8 Å². The van der Waals surface area contributed by atoms with Gasteiger partial charge in [0, 0.05) is 23.3 Å². The highest BCUT2D eigenvalue weighted by atomic mass is 16.7. The van der Waals surface area contributed by atoms with E-state index in [4.69, 9.17) is 14.4 Å². The first-order valence-electron chi connectivity index (χ1n) is 12.0. The summed E-state index contributed by atoms with van der Waals surface area (Å²) in [6.45, 7) is 13.4. The molecule has 1 fully saturated rings. The Morgan fingerprint density at radius 2 is 1.69 bits per heavy atom. The normalized spacial score (nSPS) is 17.0. The molecule has 0 bridgehead atoms. The van der Waals surface area contributed by atoms with Gasteiger partial charge in [-0.1, -0.05) is 36.4 Å². The second-order valence-electron chi connectivity index (χ2n) is 11.0. The third-order valence-corrected chi connectivity index (χ3v) is 7.52. The van der Waals surface area contributed by atoms with E-state index in [1.54, 1.807) is 6.20 Å². The minimum absolute atomic E-state index is 0.197. The third-order valence-electron chi connectivity index (χ3n) is 7.52. The lowest BCUT2D eigenvalue weighted by Crippen LogP contribution is -2.41. The maximum atomic E-state index is 12.5. The van der Waals surface area contributed by atoms with Crippen LogP contribution in [0.3, 0.4) is 0 Å². The standard InChI is InChI=1S/C28H29BN4O3/c1-17(34)33-23-15-31-22-13-12-20(29-35-27(4,5)28(6,7)36-29)14-21(22)24(23)25(32-33)18-8-10-19(11-9-18)26(2,3)16-30/h8-15H,1-7H3. The summed E-state index contributed by atoms with van der Waals surface area (Å²) in [6, 6.07) is 16.1. The quantitative estimate of drug-likeness (QED) is 0.383. The van der Waals surface area contributed by atoms with Crippen molar-refractivity contribution in [1.29, 1.82) is 5.26 Å². The lowest BCUT2D eigenvalue weighted by molar-refractivity contribution is 0.00578. The molecule has 1 aliphatic rings. The van der Waals surface area contributed by atoms with Crippen LogP contribution in [0.15, 0.2) is 48.7 Å². The first kappa shape index (κ1) is 24.2. The van der Waals surface area contributed by atoms with Crippen LogP contribution in [0.2, 0.25) is 0 Å². The number of fused-ring (bicyclic) bond motifs is 3. The van der Waals surface area contributed by atoms with Gasteiger partial charge in [0.25, 0.3) is 0 Å². The average molecular weight is 480 g/mol. The van der Waals surface area contributed by atoms with Crippen molar-refractivity contribution in [2.24, 2.45) is 0 Å². The molecule has 1 aliphatic heterocycles. The van der Waals surface area contributed by atoms with E-state index in [-0.39, 0.29) is 5.91 Å². The number of aromatic nitrogens is 3. The average Bonchev–Trinajstić information content (AvgIpc) is 3.33. The van der Waals surface area contributed by atoms with Crippen LogP contribution in [-0.4, -0.2) is 39.0 Å². The van der Waals surface area contributed by atoms with E-state index < -0.39 is 23.7 Å². The maximum absolute atomic E-state index is 12.5. The van der Waals surface area contributed by atoms with E-state index in [2.05, 4.69) is 11.1 Å². The molecule has 2 aromatic carbocycles. The molecule has 0 spiro atoms. The number of nitriles is 1. The molecule has 8 heteroatoms. The number of hydrogen-bond acceptors (Lipinski definition) is 6. The molecule has 0 radical (unpaired) electrons. The van der Waals surface area contributed by atoms with Crippen molar-refractivity contribution in [3.8, 4) is 17.3 Å². The molecular weight excluding hydrogens is 451 g/mol. The molecule has 5 rings (SSSR count). The second-order valence-corrected chi connectivity index (χ2v) is 11.0. The van der Waals surface area contributed by atoms with Crippen LogP contribution < -0.4 is 5.46 Å². The van der Waals surface area contributed by atoms with Crippen molar-refractivity contribution in [2.75, 3.05) is 0 Å². The Balaban J connectivity index is 1.71. The zero-order valence-electron chi connectivity index (χ0n) is 21.7. The summed E-state index contributed by atoms with van der Waals surface area (Å²) in [4.78, 5) is 17.1. The van der Waals surface area contributed by atoms with Crippen molar-refractivity contribution in [3.05, 3.63) is 54.2 Å². The second kappa shape index (κ2) is 7.99. The van der Waals surface area contributed by atoms with E-state index in [0.29, 0.717) is 11.2 Å². The lowest BCUT2D eigenvalue weighted by atomic mass is 9.78. The molecular formula is C28H29BN4O3. The van der Waals surface area contributed by atoms with E-state index in [0.717, 1.165) is 32.9 Å². The van der Waals surface area contributed by atoms with Crippen LogP contribution in [0.5, 0.6) is 0 Å². The highest BCUT2D eigenvalue weighted by Gasteiger charge is 2.51. The SMILES string of the molecule is CC(=O)n1nc(-c2ccc(C(C)(C)C#N)cc2)c2c3cc(B4OC(C)(C)C(C)(C)O4)ccc3ncc21. The Morgan fingerprint density at radius 3 is 2.28 bits per heavy atom. The number of benzene rings is 2. The van der Waals surface area contributed by atoms with Crippen LogP contribution in [0.1, 0.15) is 58.8 Å². The van der Waals surface area contributed by atoms with E-state index in [1.807, 2.05) is 84.0 Å². The van der Waals surface area contributed by atoms with Crippen molar-refractivity contribution in [2.45, 2.75) is 65.1 Å². The van der Waals surface area contributed by atoms with E-state index >= 15 is 0 Å². The molecule has 0 unspecified atom stereocenters. The van der Waals surface area contributed by atoms with Crippen molar-refractivity contribution in [3.63, 3.8) is 0 Å². The van der Waals surface area contributed by atoms with E-state index in [1.165, 1.54) is 11.6 Å². The molecule has 0 amide bonds. The molecule has 2 aromatic heterocycles. The summed E-state index contributed by atoms with van der Waals surface area (Å²) >= 11 is 0. The number of carbonyl (C=O) groups is 1. The molecule has 36 heavy (non-hydrogen) atoms. The zero-order chi connectivity index (χ0) is 26.0. The minimum atomic E-state index is -0.603. The Labute approximate surface area is 211 Å². The summed E-state index contributed by atoms with van der Waals surface area (Å²) < 4.78 is 14.0. The predicted molar refractivity (Wildman–Crippen MR) is 141 cm³/mol. The molecule has 4 aromatic rings. The topological polar surface area (TPSA) is 90.0 Å². The predicted octanol–water partition coefficient (Wildman–Crippen LogP) is 5.01. The Hall–Kier alpha value is -3.54. The van der Waals surface area contributed by atoms with Gasteiger partial charge in [-0.05, 0) is 58.6 Å². The summed E-state index contributed by atoms with van der Waals surface area (Å²) in [6.07, 6.45) is 1.69. The smallest absolute Gasteiger partial charge is 0.399 e. The molecule has 182 valence electrons. The van der Waals surface area contributed by atoms with Crippen LogP contribution in [0.25, 0.3) is 33.1 Å². The van der Waals surface area contributed by atoms with Gasteiger partial charge >= 0.3 is 7.12 Å². The van der Waals surface area contributed by atoms with Gasteiger partial charge in [-0.2, -0.15) is 15.0 Å². The summed E-state index contributed by atoms with van der Waals surface area (Å²) in [7, 11) is -0.520. The summed E-state index contributed by atoms with van der Waals surface area (Å²) in [5.41, 5.74) is 3.23. The Morgan fingerprint density at radius 1 is 1.06 bits per heavy atom. The molecule has 7 nitrogen and oxygen atoms in total. The molecule has 0 atom stereocenters. The maximum Gasteiger partial charge on any atom is 0.494 e. The molecule has 0 N–H and O–H groups in total. The van der Waals surface area contributed by atoms with Crippen LogP contribution >= 0.6 is 0 Å². The van der Waals surface area contributed by atoms with Gasteiger partial charge in [0.15, 0.2) is 0 Å². The van der Waals surface area contributed by atoms with Gasteiger partial charge in [-0.3, -0.25) is 9.78 Å². The largest absolute Gasteiger partial charge is 0.494 e. The Kier molecular flexibility index (Phi) is 5.36. The molecule has 0 aliphatic carbocycles. The first-order valence-corrected chi connectivity index (χ1v) is 12.0. The number of nitrogens with zero attached hydrogens (tertiary/aromatic N) is 4. The fourth-order valence-electron chi connectivity index (χ4n) is 4.49. The van der Waals surface area contributed by atoms with E-state index in [9.17, 15) is 10.1 Å². The van der Waals surface area contributed by atoms with Crippen LogP contribution in [0, 0.1) is 11.3 Å². The molecule has 0 saturated carbocycles. The third kappa shape index (κ3) is 3.71. The van der Waals surface area contributed by atoms with Gasteiger partial charge in [-0.25, -0.2) is 0 Å². The van der Waals surface area contributed by atoms with Crippen molar-refractivity contribution >= 4 is 40.3 Å².